The van der Waals surface area contributed by atoms with Crippen LogP contribution < -0.4 is 10.6 Å². The van der Waals surface area contributed by atoms with E-state index >= 15 is 0 Å². The van der Waals surface area contributed by atoms with Crippen molar-refractivity contribution in [3.05, 3.63) is 29.8 Å². The topological polar surface area (TPSA) is 46.3 Å². The van der Waals surface area contributed by atoms with Crippen LogP contribution in [0.3, 0.4) is 0 Å². The van der Waals surface area contributed by atoms with Gasteiger partial charge in [-0.3, -0.25) is 4.79 Å². The molecule has 1 saturated carbocycles. The van der Waals surface area contributed by atoms with Crippen molar-refractivity contribution in [1.29, 1.82) is 0 Å². The molecule has 3 nitrogen and oxygen atoms in total. The van der Waals surface area contributed by atoms with Crippen LogP contribution in [-0.4, -0.2) is 31.3 Å². The highest BCUT2D eigenvalue weighted by molar-refractivity contribution is 5.97. The fraction of sp³-hybridized carbons (Fsp3) is 0.562. The van der Waals surface area contributed by atoms with E-state index in [0.29, 0.717) is 31.4 Å². The molecule has 116 valence electrons. The molecule has 0 heterocycles. The summed E-state index contributed by atoms with van der Waals surface area (Å²) in [4.78, 5) is 13.9. The number of hydrogen-bond donors (Lipinski definition) is 1. The Morgan fingerprint density at radius 2 is 2.05 bits per heavy atom. The lowest BCUT2D eigenvalue weighted by molar-refractivity contribution is -0.0377. The Labute approximate surface area is 124 Å². The molecule has 2 rings (SSSR count). The summed E-state index contributed by atoms with van der Waals surface area (Å²) in [5.74, 6) is -2.50. The van der Waals surface area contributed by atoms with Gasteiger partial charge in [-0.2, -0.15) is 0 Å². The molecule has 0 unspecified atom stereocenters. The first-order valence-electron chi connectivity index (χ1n) is 7.37. The zero-order valence-electron chi connectivity index (χ0n) is 12.3. The van der Waals surface area contributed by atoms with Crippen molar-refractivity contribution in [2.75, 3.05) is 18.5 Å². The second-order valence-electron chi connectivity index (χ2n) is 5.71. The third-order valence-electron chi connectivity index (χ3n) is 4.18. The largest absolute Gasteiger partial charge is 0.372 e. The van der Waals surface area contributed by atoms with Gasteiger partial charge in [0, 0.05) is 43.6 Å². The summed E-state index contributed by atoms with van der Waals surface area (Å²) in [7, 11) is 1.90. The Balaban J connectivity index is 2.07. The van der Waals surface area contributed by atoms with Crippen molar-refractivity contribution >= 4 is 11.5 Å². The molecule has 0 spiro atoms. The first-order valence-corrected chi connectivity index (χ1v) is 7.37. The van der Waals surface area contributed by atoms with Gasteiger partial charge in [-0.1, -0.05) is 12.1 Å². The number of hydrogen-bond acceptors (Lipinski definition) is 3. The van der Waals surface area contributed by atoms with Crippen molar-refractivity contribution in [1.82, 2.24) is 0 Å². The number of nitrogens with two attached hydrogens (primary N) is 1. The smallest absolute Gasteiger partial charge is 0.248 e. The summed E-state index contributed by atoms with van der Waals surface area (Å²) in [6.45, 7) is 0.330. The summed E-state index contributed by atoms with van der Waals surface area (Å²) in [5.41, 5.74) is 6.93. The number of carbonyl (C=O) groups is 1. The molecule has 21 heavy (non-hydrogen) atoms. The number of Topliss-reactive ketones (excluding diaryl/α,β-unsaturated/α-hetero) is 1. The minimum absolute atomic E-state index is 0.0166. The Kier molecular flexibility index (Phi) is 4.93. The van der Waals surface area contributed by atoms with E-state index < -0.39 is 5.92 Å². The van der Waals surface area contributed by atoms with Gasteiger partial charge in [0.05, 0.1) is 0 Å². The molecule has 0 aromatic heterocycles. The number of rotatable bonds is 5. The lowest BCUT2D eigenvalue weighted by atomic mass is 9.91. The zero-order valence-corrected chi connectivity index (χ0v) is 12.3. The van der Waals surface area contributed by atoms with Gasteiger partial charge in [0.1, 0.15) is 0 Å². The number of ketones is 1. The van der Waals surface area contributed by atoms with Crippen LogP contribution in [0.15, 0.2) is 24.3 Å². The molecule has 0 aliphatic heterocycles. The van der Waals surface area contributed by atoms with Crippen molar-refractivity contribution < 1.29 is 13.6 Å². The van der Waals surface area contributed by atoms with Gasteiger partial charge in [0.25, 0.3) is 0 Å². The van der Waals surface area contributed by atoms with E-state index in [9.17, 15) is 13.6 Å². The van der Waals surface area contributed by atoms with Crippen LogP contribution in [-0.2, 0) is 0 Å². The molecule has 1 aliphatic carbocycles. The van der Waals surface area contributed by atoms with E-state index in [1.165, 1.54) is 0 Å². The van der Waals surface area contributed by atoms with E-state index in [0.717, 1.165) is 5.69 Å². The first-order chi connectivity index (χ1) is 9.93. The highest BCUT2D eigenvalue weighted by Gasteiger charge is 2.36. The van der Waals surface area contributed by atoms with Gasteiger partial charge >= 0.3 is 0 Å². The van der Waals surface area contributed by atoms with Crippen molar-refractivity contribution in [3.8, 4) is 0 Å². The second kappa shape index (κ2) is 6.52. The number of anilines is 1. The molecule has 2 N–H and O–H groups in total. The lowest BCUT2D eigenvalue weighted by Crippen LogP contribution is -2.38. The average Bonchev–Trinajstić information content (AvgIpc) is 2.47. The van der Waals surface area contributed by atoms with Crippen LogP contribution in [0.1, 0.15) is 42.5 Å². The summed E-state index contributed by atoms with van der Waals surface area (Å²) in [6.07, 6.45) is 1.15. The summed E-state index contributed by atoms with van der Waals surface area (Å²) < 4.78 is 26.4. The van der Waals surface area contributed by atoms with Crippen molar-refractivity contribution in [2.24, 2.45) is 5.73 Å². The number of halogens is 2. The summed E-state index contributed by atoms with van der Waals surface area (Å²) >= 11 is 0. The summed E-state index contributed by atoms with van der Waals surface area (Å²) in [5, 5.41) is 0. The number of alkyl halides is 2. The standard InChI is InChI=1S/C16H22F2N2O/c1-20(13-5-8-16(17,18)9-6-13)14-4-2-3-12(11-14)15(21)7-10-19/h2-4,11,13H,5-10,19H2,1H3. The molecule has 0 atom stereocenters. The zero-order chi connectivity index (χ0) is 15.5. The van der Waals surface area contributed by atoms with E-state index in [1.54, 1.807) is 6.07 Å². The van der Waals surface area contributed by atoms with Crippen LogP contribution >= 0.6 is 0 Å². The van der Waals surface area contributed by atoms with Gasteiger partial charge in [0.2, 0.25) is 5.92 Å². The Hall–Kier alpha value is -1.49. The normalized spacial score (nSPS) is 18.5. The van der Waals surface area contributed by atoms with Crippen LogP contribution in [0.4, 0.5) is 14.5 Å². The fourth-order valence-electron chi connectivity index (χ4n) is 2.80. The molecular formula is C16H22F2N2O. The number of carbonyl (C=O) groups excluding carboxylic acids is 1. The minimum atomic E-state index is -2.52. The van der Waals surface area contributed by atoms with Crippen LogP contribution in [0.5, 0.6) is 0 Å². The van der Waals surface area contributed by atoms with Crippen molar-refractivity contribution in [3.63, 3.8) is 0 Å². The quantitative estimate of drug-likeness (QED) is 0.849. The lowest BCUT2D eigenvalue weighted by Gasteiger charge is -2.36. The average molecular weight is 296 g/mol. The van der Waals surface area contributed by atoms with E-state index in [-0.39, 0.29) is 24.7 Å². The molecule has 1 aliphatic rings. The highest BCUT2D eigenvalue weighted by atomic mass is 19.3. The van der Waals surface area contributed by atoms with Gasteiger partial charge in [-0.25, -0.2) is 8.78 Å². The molecule has 0 radical (unpaired) electrons. The van der Waals surface area contributed by atoms with Gasteiger partial charge in [0.15, 0.2) is 5.78 Å². The van der Waals surface area contributed by atoms with Crippen LogP contribution in [0.25, 0.3) is 0 Å². The molecular weight excluding hydrogens is 274 g/mol. The second-order valence-corrected chi connectivity index (χ2v) is 5.71. The molecule has 1 aromatic rings. The van der Waals surface area contributed by atoms with Gasteiger partial charge in [-0.15, -0.1) is 0 Å². The van der Waals surface area contributed by atoms with E-state index in [2.05, 4.69) is 0 Å². The molecule has 1 aromatic carbocycles. The number of nitrogens with zero attached hydrogens (tertiary/aromatic N) is 1. The first kappa shape index (κ1) is 15.9. The highest BCUT2D eigenvalue weighted by Crippen LogP contribution is 2.36. The van der Waals surface area contributed by atoms with Crippen molar-refractivity contribution in [2.45, 2.75) is 44.1 Å². The Bertz CT molecular complexity index is 495. The molecule has 0 saturated heterocycles. The van der Waals surface area contributed by atoms with E-state index in [1.807, 2.05) is 30.1 Å². The SMILES string of the molecule is CN(c1cccc(C(=O)CCN)c1)C1CCC(F)(F)CC1. The molecule has 0 amide bonds. The van der Waals surface area contributed by atoms with Gasteiger partial charge < -0.3 is 10.6 Å². The summed E-state index contributed by atoms with van der Waals surface area (Å²) in [6, 6.07) is 7.43. The fourth-order valence-corrected chi connectivity index (χ4v) is 2.80. The Morgan fingerprint density at radius 1 is 1.38 bits per heavy atom. The van der Waals surface area contributed by atoms with Crippen LogP contribution in [0.2, 0.25) is 0 Å². The predicted octanol–water partition coefficient (Wildman–Crippen LogP) is 3.23. The van der Waals surface area contributed by atoms with Crippen LogP contribution in [0, 0.1) is 0 Å². The van der Waals surface area contributed by atoms with E-state index in [4.69, 9.17) is 5.73 Å². The number of benzene rings is 1. The van der Waals surface area contributed by atoms with Gasteiger partial charge in [-0.05, 0) is 31.5 Å². The predicted molar refractivity (Wildman–Crippen MR) is 80.0 cm³/mol. The minimum Gasteiger partial charge on any atom is -0.372 e. The molecule has 1 fully saturated rings. The Morgan fingerprint density at radius 3 is 2.67 bits per heavy atom. The maximum absolute atomic E-state index is 13.2. The molecule has 5 heteroatoms. The maximum atomic E-state index is 13.2. The molecule has 0 bridgehead atoms. The third-order valence-corrected chi connectivity index (χ3v) is 4.18. The third kappa shape index (κ3) is 4.00. The maximum Gasteiger partial charge on any atom is 0.248 e. The monoisotopic (exact) mass is 296 g/mol.